The minimum atomic E-state index is -2.85. The predicted octanol–water partition coefficient (Wildman–Crippen LogP) is 2.70. The van der Waals surface area contributed by atoms with Gasteiger partial charge in [-0.3, -0.25) is 4.79 Å². The molecule has 0 unspecified atom stereocenters. The first kappa shape index (κ1) is 14.8. The van der Waals surface area contributed by atoms with Gasteiger partial charge >= 0.3 is 0 Å². The van der Waals surface area contributed by atoms with Crippen molar-refractivity contribution in [1.29, 1.82) is 0 Å². The summed E-state index contributed by atoms with van der Waals surface area (Å²) in [6.07, 6.45) is 2.82. The van der Waals surface area contributed by atoms with Crippen molar-refractivity contribution in [2.75, 3.05) is 11.5 Å². The van der Waals surface area contributed by atoms with Crippen LogP contribution in [0.1, 0.15) is 60.9 Å². The van der Waals surface area contributed by atoms with Crippen LogP contribution in [0.3, 0.4) is 0 Å². The van der Waals surface area contributed by atoms with Crippen molar-refractivity contribution in [1.82, 2.24) is 4.57 Å². The maximum Gasteiger partial charge on any atom is 0.165 e. The highest BCUT2D eigenvalue weighted by molar-refractivity contribution is 7.91. The second-order valence-corrected chi connectivity index (χ2v) is 9.64. The summed E-state index contributed by atoms with van der Waals surface area (Å²) in [6.45, 7) is 6.29. The van der Waals surface area contributed by atoms with E-state index in [0.29, 0.717) is 19.3 Å². The molecule has 5 heteroatoms. The first-order chi connectivity index (χ1) is 9.69. The Balaban J connectivity index is 1.99. The minimum Gasteiger partial charge on any atom is -0.345 e. The lowest BCUT2D eigenvalue weighted by Crippen LogP contribution is -2.31. The Hall–Kier alpha value is -1.10. The van der Waals surface area contributed by atoms with Gasteiger partial charge in [0.1, 0.15) is 9.84 Å². The van der Waals surface area contributed by atoms with Gasteiger partial charge < -0.3 is 4.57 Å². The van der Waals surface area contributed by atoms with Crippen molar-refractivity contribution in [2.45, 2.75) is 52.5 Å². The Labute approximate surface area is 126 Å². The summed E-state index contributed by atoms with van der Waals surface area (Å²) in [7, 11) is -2.85. The third kappa shape index (κ3) is 2.68. The molecule has 0 bridgehead atoms. The van der Waals surface area contributed by atoms with Crippen molar-refractivity contribution in [3.8, 4) is 0 Å². The maximum absolute atomic E-state index is 12.3. The fraction of sp³-hybridized carbons (Fsp3) is 0.688. The zero-order valence-electron chi connectivity index (χ0n) is 13.0. The fourth-order valence-electron chi connectivity index (χ4n) is 3.82. The van der Waals surface area contributed by atoms with Crippen LogP contribution in [-0.2, 0) is 16.3 Å². The lowest BCUT2D eigenvalue weighted by molar-refractivity contribution is 0.0909. The number of fused-ring (bicyclic) bond motifs is 1. The fourth-order valence-corrected chi connectivity index (χ4v) is 5.28. The van der Waals surface area contributed by atoms with Crippen LogP contribution in [0.4, 0.5) is 0 Å². The molecule has 0 amide bonds. The largest absolute Gasteiger partial charge is 0.345 e. The molecule has 0 saturated carbocycles. The van der Waals surface area contributed by atoms with Gasteiger partial charge in [0.2, 0.25) is 0 Å². The van der Waals surface area contributed by atoms with Gasteiger partial charge in [0.25, 0.3) is 0 Å². The van der Waals surface area contributed by atoms with E-state index in [1.165, 1.54) is 0 Å². The Morgan fingerprint density at radius 2 is 1.81 bits per heavy atom. The third-order valence-electron chi connectivity index (χ3n) is 4.81. The highest BCUT2D eigenvalue weighted by Gasteiger charge is 2.36. The van der Waals surface area contributed by atoms with E-state index in [9.17, 15) is 13.2 Å². The number of carbonyl (C=O) groups excluding carboxylic acids is 1. The van der Waals surface area contributed by atoms with Gasteiger partial charge in [0.15, 0.2) is 5.78 Å². The molecular formula is C16H23NO3S. The van der Waals surface area contributed by atoms with Crippen molar-refractivity contribution in [3.63, 3.8) is 0 Å². The first-order valence-corrected chi connectivity index (χ1v) is 9.45. The summed E-state index contributed by atoms with van der Waals surface area (Å²) in [4.78, 5) is 12.3. The van der Waals surface area contributed by atoms with Crippen LogP contribution in [0.5, 0.6) is 0 Å². The van der Waals surface area contributed by atoms with Crippen LogP contribution in [0.2, 0.25) is 0 Å². The summed E-state index contributed by atoms with van der Waals surface area (Å²) < 4.78 is 25.5. The smallest absolute Gasteiger partial charge is 0.165 e. The van der Waals surface area contributed by atoms with Gasteiger partial charge in [-0.25, -0.2) is 8.42 Å². The standard InChI is InChI=1S/C16H23NO3S/c1-11-8-13-14(9-16(2,3)10-15(13)18)17(11)12-4-6-21(19,20)7-5-12/h8,12H,4-7,9-10H2,1-3H3. The SMILES string of the molecule is Cc1cc2c(n1C1CCS(=O)(=O)CC1)CC(C)(C)CC2=O. The number of carbonyl (C=O) groups is 1. The van der Waals surface area contributed by atoms with Crippen LogP contribution < -0.4 is 0 Å². The van der Waals surface area contributed by atoms with Gasteiger partial charge in [-0.1, -0.05) is 13.8 Å². The van der Waals surface area contributed by atoms with Gasteiger partial charge in [-0.2, -0.15) is 0 Å². The van der Waals surface area contributed by atoms with Crippen LogP contribution in [0, 0.1) is 12.3 Å². The van der Waals surface area contributed by atoms with E-state index in [-0.39, 0.29) is 28.7 Å². The predicted molar refractivity (Wildman–Crippen MR) is 82.5 cm³/mol. The second kappa shape index (κ2) is 4.70. The number of hydrogen-bond donors (Lipinski definition) is 0. The molecule has 0 radical (unpaired) electrons. The van der Waals surface area contributed by atoms with Gasteiger partial charge in [-0.15, -0.1) is 0 Å². The lowest BCUT2D eigenvalue weighted by Gasteiger charge is -2.33. The molecule has 1 aromatic rings. The molecule has 2 aliphatic rings. The molecule has 1 aliphatic heterocycles. The lowest BCUT2D eigenvalue weighted by atomic mass is 9.76. The number of aromatic nitrogens is 1. The van der Waals surface area contributed by atoms with Crippen LogP contribution in [0.25, 0.3) is 0 Å². The number of ketones is 1. The second-order valence-electron chi connectivity index (χ2n) is 7.34. The topological polar surface area (TPSA) is 56.1 Å². The van der Waals surface area contributed by atoms with Crippen molar-refractivity contribution >= 4 is 15.6 Å². The molecule has 1 aliphatic carbocycles. The summed E-state index contributed by atoms with van der Waals surface area (Å²) >= 11 is 0. The number of nitrogens with zero attached hydrogens (tertiary/aromatic N) is 1. The summed E-state index contributed by atoms with van der Waals surface area (Å²) in [5.41, 5.74) is 3.07. The van der Waals surface area contributed by atoms with E-state index in [0.717, 1.165) is 23.4 Å². The van der Waals surface area contributed by atoms with E-state index < -0.39 is 9.84 Å². The number of sulfone groups is 1. The van der Waals surface area contributed by atoms with Gasteiger partial charge in [0, 0.05) is 29.4 Å². The van der Waals surface area contributed by atoms with E-state index >= 15 is 0 Å². The van der Waals surface area contributed by atoms with Crippen molar-refractivity contribution < 1.29 is 13.2 Å². The summed E-state index contributed by atoms with van der Waals surface area (Å²) in [6, 6.07) is 2.22. The number of hydrogen-bond acceptors (Lipinski definition) is 3. The molecule has 1 saturated heterocycles. The Kier molecular flexibility index (Phi) is 3.32. The molecule has 0 N–H and O–H groups in total. The molecule has 3 rings (SSSR count). The van der Waals surface area contributed by atoms with E-state index in [1.54, 1.807) is 0 Å². The molecule has 1 fully saturated rings. The van der Waals surface area contributed by atoms with Gasteiger partial charge in [0.05, 0.1) is 11.5 Å². The summed E-state index contributed by atoms with van der Waals surface area (Å²) in [5.74, 6) is 0.759. The van der Waals surface area contributed by atoms with Crippen molar-refractivity contribution in [3.05, 3.63) is 23.0 Å². The molecule has 4 nitrogen and oxygen atoms in total. The van der Waals surface area contributed by atoms with E-state index in [4.69, 9.17) is 0 Å². The average molecular weight is 309 g/mol. The average Bonchev–Trinajstić information content (AvgIpc) is 2.65. The summed E-state index contributed by atoms with van der Waals surface area (Å²) in [5, 5.41) is 0. The molecule has 1 aromatic heterocycles. The molecule has 2 heterocycles. The maximum atomic E-state index is 12.3. The van der Waals surface area contributed by atoms with Crippen LogP contribution in [0.15, 0.2) is 6.07 Å². The molecule has 116 valence electrons. The molecule has 21 heavy (non-hydrogen) atoms. The minimum absolute atomic E-state index is 0.00658. The number of rotatable bonds is 1. The molecular weight excluding hydrogens is 286 g/mol. The monoisotopic (exact) mass is 309 g/mol. The number of aryl methyl sites for hydroxylation is 1. The first-order valence-electron chi connectivity index (χ1n) is 7.63. The quantitative estimate of drug-likeness (QED) is 0.801. The van der Waals surface area contributed by atoms with Crippen LogP contribution in [-0.4, -0.2) is 30.3 Å². The highest BCUT2D eigenvalue weighted by atomic mass is 32.2. The zero-order chi connectivity index (χ0) is 15.4. The normalized spacial score (nSPS) is 24.8. The molecule has 0 atom stereocenters. The molecule has 0 aromatic carbocycles. The van der Waals surface area contributed by atoms with Crippen molar-refractivity contribution in [2.24, 2.45) is 5.41 Å². The Morgan fingerprint density at radius 3 is 2.43 bits per heavy atom. The number of Topliss-reactive ketones (excluding diaryl/α,β-unsaturated/α-hetero) is 1. The van der Waals surface area contributed by atoms with E-state index in [2.05, 4.69) is 18.4 Å². The van der Waals surface area contributed by atoms with Crippen LogP contribution >= 0.6 is 0 Å². The van der Waals surface area contributed by atoms with Gasteiger partial charge in [-0.05, 0) is 37.7 Å². The highest BCUT2D eigenvalue weighted by Crippen LogP contribution is 2.39. The molecule has 0 spiro atoms. The zero-order valence-corrected chi connectivity index (χ0v) is 13.8. The van der Waals surface area contributed by atoms with E-state index in [1.807, 2.05) is 13.0 Å². The Bertz CT molecular complexity index is 683. The Morgan fingerprint density at radius 1 is 1.19 bits per heavy atom. The third-order valence-corrected chi connectivity index (χ3v) is 6.53.